The maximum absolute atomic E-state index is 12.4. The molecule has 1 aliphatic rings. The van der Waals surface area contributed by atoms with Gasteiger partial charge in [0.05, 0.1) is 18.6 Å². The molecule has 0 spiro atoms. The molecule has 0 unspecified atom stereocenters. The summed E-state index contributed by atoms with van der Waals surface area (Å²) in [5.74, 6) is -0.956. The Morgan fingerprint density at radius 3 is 2.73 bits per heavy atom. The highest BCUT2D eigenvalue weighted by Gasteiger charge is 2.36. The Balaban J connectivity index is 2.31. The summed E-state index contributed by atoms with van der Waals surface area (Å²) in [7, 11) is 1.42. The first-order valence-corrected chi connectivity index (χ1v) is 8.64. The van der Waals surface area contributed by atoms with Gasteiger partial charge in [0.15, 0.2) is 11.5 Å². The molecule has 8 heteroatoms. The number of carbonyl (C=O) groups is 3. The van der Waals surface area contributed by atoms with Gasteiger partial charge in [0, 0.05) is 5.56 Å². The number of benzene rings is 1. The third-order valence-electron chi connectivity index (χ3n) is 3.52. The van der Waals surface area contributed by atoms with Crippen molar-refractivity contribution in [1.29, 1.82) is 0 Å². The number of rotatable bonds is 7. The summed E-state index contributed by atoms with van der Waals surface area (Å²) >= 11 is 0.741. The Morgan fingerprint density at radius 2 is 2.12 bits per heavy atom. The van der Waals surface area contributed by atoms with Crippen LogP contribution in [0.3, 0.4) is 0 Å². The van der Waals surface area contributed by atoms with Gasteiger partial charge in [-0.15, -0.1) is 6.58 Å². The highest BCUT2D eigenvalue weighted by molar-refractivity contribution is 8.18. The fourth-order valence-corrected chi connectivity index (χ4v) is 3.20. The van der Waals surface area contributed by atoms with Crippen LogP contribution in [0.2, 0.25) is 0 Å². The number of hydrogen-bond acceptors (Lipinski definition) is 7. The molecule has 0 radical (unpaired) electrons. The zero-order valence-corrected chi connectivity index (χ0v) is 15.3. The summed E-state index contributed by atoms with van der Waals surface area (Å²) < 4.78 is 9.91. The topological polar surface area (TPSA) is 93.1 Å². The summed E-state index contributed by atoms with van der Waals surface area (Å²) in [4.78, 5) is 37.0. The van der Waals surface area contributed by atoms with E-state index in [9.17, 15) is 19.5 Å². The molecule has 138 valence electrons. The van der Waals surface area contributed by atoms with E-state index in [2.05, 4.69) is 6.58 Å². The van der Waals surface area contributed by atoms with Crippen molar-refractivity contribution in [3.8, 4) is 11.5 Å². The van der Waals surface area contributed by atoms with E-state index in [0.717, 1.165) is 16.7 Å². The van der Waals surface area contributed by atoms with Gasteiger partial charge in [-0.1, -0.05) is 6.08 Å². The molecule has 1 aromatic carbocycles. The molecule has 0 bridgehead atoms. The number of imide groups is 1. The van der Waals surface area contributed by atoms with Crippen molar-refractivity contribution in [1.82, 2.24) is 4.90 Å². The van der Waals surface area contributed by atoms with Crippen LogP contribution in [0.5, 0.6) is 11.5 Å². The SMILES string of the molecule is C=CCc1cc(/C=C2/SC(=O)N(CC(=O)OCC)C2=O)cc(OC)c1O. The smallest absolute Gasteiger partial charge is 0.326 e. The second-order valence-corrected chi connectivity index (χ2v) is 6.29. The third-order valence-corrected chi connectivity index (χ3v) is 4.43. The zero-order valence-electron chi connectivity index (χ0n) is 14.5. The molecule has 1 fully saturated rings. The summed E-state index contributed by atoms with van der Waals surface area (Å²) in [6.07, 6.45) is 3.56. The summed E-state index contributed by atoms with van der Waals surface area (Å²) in [5.41, 5.74) is 1.16. The Labute approximate surface area is 155 Å². The second kappa shape index (κ2) is 8.57. The number of methoxy groups -OCH3 is 1. The second-order valence-electron chi connectivity index (χ2n) is 5.30. The average molecular weight is 377 g/mol. The lowest BCUT2D eigenvalue weighted by molar-refractivity contribution is -0.145. The quantitative estimate of drug-likeness (QED) is 0.444. The van der Waals surface area contributed by atoms with Gasteiger partial charge in [-0.05, 0) is 48.9 Å². The monoisotopic (exact) mass is 377 g/mol. The molecule has 0 saturated carbocycles. The lowest BCUT2D eigenvalue weighted by Crippen LogP contribution is -2.34. The molecule has 0 atom stereocenters. The number of carbonyl (C=O) groups excluding carboxylic acids is 3. The largest absolute Gasteiger partial charge is 0.504 e. The fraction of sp³-hybridized carbons (Fsp3) is 0.278. The van der Waals surface area contributed by atoms with Crippen molar-refractivity contribution in [2.24, 2.45) is 0 Å². The van der Waals surface area contributed by atoms with Crippen molar-refractivity contribution in [3.63, 3.8) is 0 Å². The molecule has 7 nitrogen and oxygen atoms in total. The molecule has 1 aliphatic heterocycles. The van der Waals surface area contributed by atoms with E-state index in [-0.39, 0.29) is 23.0 Å². The normalized spacial score (nSPS) is 15.5. The van der Waals surface area contributed by atoms with Crippen LogP contribution in [0.1, 0.15) is 18.1 Å². The Bertz CT molecular complexity index is 786. The Kier molecular flexibility index (Phi) is 6.46. The molecule has 1 N–H and O–H groups in total. The number of amides is 2. The predicted octanol–water partition coefficient (Wildman–Crippen LogP) is 2.73. The highest BCUT2D eigenvalue weighted by Crippen LogP contribution is 2.36. The third kappa shape index (κ3) is 4.26. The van der Waals surface area contributed by atoms with E-state index < -0.39 is 23.7 Å². The lowest BCUT2D eigenvalue weighted by atomic mass is 10.1. The standard InChI is InChI=1S/C18H19NO6S/c1-4-6-12-7-11(8-13(24-3)16(12)21)9-14-17(22)19(18(23)26-14)10-15(20)25-5-2/h4,7-9,21H,1,5-6,10H2,2-3H3/b14-9+. The van der Waals surface area contributed by atoms with Crippen molar-refractivity contribution < 1.29 is 29.0 Å². The molecule has 26 heavy (non-hydrogen) atoms. The first-order valence-electron chi connectivity index (χ1n) is 7.83. The van der Waals surface area contributed by atoms with E-state index >= 15 is 0 Å². The lowest BCUT2D eigenvalue weighted by Gasteiger charge is -2.11. The minimum Gasteiger partial charge on any atom is -0.504 e. The van der Waals surface area contributed by atoms with Crippen LogP contribution in [0.15, 0.2) is 29.7 Å². The number of hydrogen-bond donors (Lipinski definition) is 1. The number of esters is 1. The van der Waals surface area contributed by atoms with Crippen LogP contribution in [0.25, 0.3) is 6.08 Å². The van der Waals surface area contributed by atoms with E-state index in [1.807, 2.05) is 0 Å². The van der Waals surface area contributed by atoms with Gasteiger partial charge < -0.3 is 14.6 Å². The van der Waals surface area contributed by atoms with Crippen molar-refractivity contribution in [3.05, 3.63) is 40.8 Å². The van der Waals surface area contributed by atoms with Gasteiger partial charge in [0.1, 0.15) is 6.54 Å². The van der Waals surface area contributed by atoms with Crippen LogP contribution in [-0.4, -0.2) is 47.4 Å². The van der Waals surface area contributed by atoms with E-state index in [1.165, 1.54) is 13.2 Å². The van der Waals surface area contributed by atoms with Crippen molar-refractivity contribution >= 4 is 35.0 Å². The number of thioether (sulfide) groups is 1. The highest BCUT2D eigenvalue weighted by atomic mass is 32.2. The molecular weight excluding hydrogens is 358 g/mol. The average Bonchev–Trinajstić information content (AvgIpc) is 2.85. The van der Waals surface area contributed by atoms with E-state index in [4.69, 9.17) is 9.47 Å². The fourth-order valence-electron chi connectivity index (χ4n) is 2.36. The maximum Gasteiger partial charge on any atom is 0.326 e. The Morgan fingerprint density at radius 1 is 1.38 bits per heavy atom. The van der Waals surface area contributed by atoms with E-state index in [1.54, 1.807) is 25.1 Å². The van der Waals surface area contributed by atoms with Crippen molar-refractivity contribution in [2.45, 2.75) is 13.3 Å². The molecule has 1 saturated heterocycles. The summed E-state index contributed by atoms with van der Waals surface area (Å²) in [6.45, 7) is 5.03. The minimum absolute atomic E-state index is 0.0000319. The molecule has 1 heterocycles. The van der Waals surface area contributed by atoms with Crippen LogP contribution < -0.4 is 4.74 Å². The number of phenols is 1. The van der Waals surface area contributed by atoms with Gasteiger partial charge in [-0.25, -0.2) is 0 Å². The number of nitrogens with zero attached hydrogens (tertiary/aromatic N) is 1. The minimum atomic E-state index is -0.643. The van der Waals surface area contributed by atoms with Crippen LogP contribution >= 0.6 is 11.8 Å². The number of ether oxygens (including phenoxy) is 2. The number of phenolic OH excluding ortho intramolecular Hbond substituents is 1. The summed E-state index contributed by atoms with van der Waals surface area (Å²) in [6, 6.07) is 3.24. The van der Waals surface area contributed by atoms with Gasteiger partial charge in [0.2, 0.25) is 0 Å². The maximum atomic E-state index is 12.4. The molecule has 0 aliphatic carbocycles. The first-order chi connectivity index (χ1) is 12.4. The van der Waals surface area contributed by atoms with Crippen LogP contribution in [0, 0.1) is 0 Å². The number of allylic oxidation sites excluding steroid dienone is 1. The van der Waals surface area contributed by atoms with E-state index in [0.29, 0.717) is 17.5 Å². The summed E-state index contributed by atoms with van der Waals surface area (Å²) in [5, 5.41) is 9.58. The molecule has 2 rings (SSSR count). The molecule has 0 aromatic heterocycles. The Hall–Kier alpha value is -2.74. The van der Waals surface area contributed by atoms with Gasteiger partial charge >= 0.3 is 5.97 Å². The van der Waals surface area contributed by atoms with Gasteiger partial charge in [0.25, 0.3) is 11.1 Å². The van der Waals surface area contributed by atoms with Gasteiger partial charge in [-0.3, -0.25) is 19.3 Å². The molecule has 1 aromatic rings. The van der Waals surface area contributed by atoms with Crippen LogP contribution in [0.4, 0.5) is 4.79 Å². The predicted molar refractivity (Wildman–Crippen MR) is 97.9 cm³/mol. The van der Waals surface area contributed by atoms with Gasteiger partial charge in [-0.2, -0.15) is 0 Å². The zero-order chi connectivity index (χ0) is 19.3. The first kappa shape index (κ1) is 19.6. The number of aromatic hydroxyl groups is 1. The molecular formula is C18H19NO6S. The van der Waals surface area contributed by atoms with Crippen molar-refractivity contribution in [2.75, 3.05) is 20.3 Å². The molecule has 2 amide bonds. The van der Waals surface area contributed by atoms with Crippen LogP contribution in [-0.2, 0) is 20.7 Å².